The fraction of sp³-hybridized carbons (Fsp3) is 0.0769. The van der Waals surface area contributed by atoms with Gasteiger partial charge in [0.05, 0.1) is 6.26 Å². The summed E-state index contributed by atoms with van der Waals surface area (Å²) in [4.78, 5) is 0. The third kappa shape index (κ3) is 7.65. The smallest absolute Gasteiger partial charge is 0.261 e. The molecule has 0 heterocycles. The van der Waals surface area contributed by atoms with Gasteiger partial charge >= 0.3 is 0 Å². The summed E-state index contributed by atoms with van der Waals surface area (Å²) >= 11 is 0. The van der Waals surface area contributed by atoms with Gasteiger partial charge in [0.15, 0.2) is 7.28 Å². The van der Waals surface area contributed by atoms with Crippen molar-refractivity contribution in [2.45, 2.75) is 0 Å². The van der Waals surface area contributed by atoms with Crippen LogP contribution in [0.5, 0.6) is 0 Å². The van der Waals surface area contributed by atoms with Gasteiger partial charge in [-0.2, -0.15) is 8.42 Å². The molecule has 0 unspecified atom stereocenters. The minimum atomic E-state index is -3.67. The lowest BCUT2D eigenvalue weighted by Crippen LogP contribution is -2.26. The molecule has 93 valence electrons. The maximum Gasteiger partial charge on any atom is 0.261 e. The SMILES string of the molecule is CS(=O)(=O)O.[B](c1ccccc1)c1ccccc1. The van der Waals surface area contributed by atoms with E-state index in [1.54, 1.807) is 0 Å². The van der Waals surface area contributed by atoms with E-state index >= 15 is 0 Å². The average molecular weight is 261 g/mol. The number of hydrogen-bond donors (Lipinski definition) is 1. The summed E-state index contributed by atoms with van der Waals surface area (Å²) < 4.78 is 25.9. The van der Waals surface area contributed by atoms with Gasteiger partial charge in [0.2, 0.25) is 0 Å². The highest BCUT2D eigenvalue weighted by Crippen LogP contribution is 1.84. The van der Waals surface area contributed by atoms with Gasteiger partial charge in [0.25, 0.3) is 10.1 Å². The molecule has 0 saturated carbocycles. The first-order chi connectivity index (χ1) is 8.45. The maximum atomic E-state index is 9.19. The molecule has 18 heavy (non-hydrogen) atoms. The molecule has 5 heteroatoms. The Morgan fingerprint density at radius 2 is 1.11 bits per heavy atom. The summed E-state index contributed by atoms with van der Waals surface area (Å²) in [7, 11) is -1.50. The van der Waals surface area contributed by atoms with Crippen molar-refractivity contribution in [2.24, 2.45) is 0 Å². The fourth-order valence-electron chi connectivity index (χ4n) is 1.29. The summed E-state index contributed by atoms with van der Waals surface area (Å²) in [6.07, 6.45) is 0.715. The molecule has 1 radical (unpaired) electrons. The van der Waals surface area contributed by atoms with Crippen LogP contribution in [0.25, 0.3) is 0 Å². The van der Waals surface area contributed by atoms with Crippen LogP contribution in [0, 0.1) is 0 Å². The molecular formula is C13H14BO3S. The zero-order valence-electron chi connectivity index (χ0n) is 10.0. The van der Waals surface area contributed by atoms with Crippen LogP contribution in [0.3, 0.4) is 0 Å². The highest BCUT2D eigenvalue weighted by Gasteiger charge is 1.95. The molecule has 0 spiro atoms. The quantitative estimate of drug-likeness (QED) is 0.644. The second kappa shape index (κ2) is 6.98. The Balaban J connectivity index is 0.000000280. The second-order valence-electron chi connectivity index (χ2n) is 3.70. The van der Waals surface area contributed by atoms with E-state index in [-0.39, 0.29) is 0 Å². The van der Waals surface area contributed by atoms with Gasteiger partial charge in [0, 0.05) is 0 Å². The summed E-state index contributed by atoms with van der Waals surface area (Å²) in [6.45, 7) is 0. The third-order valence-corrected chi connectivity index (χ3v) is 1.93. The highest BCUT2D eigenvalue weighted by atomic mass is 32.2. The van der Waals surface area contributed by atoms with E-state index in [1.807, 2.05) is 12.1 Å². The predicted molar refractivity (Wildman–Crippen MR) is 75.4 cm³/mol. The van der Waals surface area contributed by atoms with Gasteiger partial charge in [-0.05, 0) is 0 Å². The Hall–Kier alpha value is -1.59. The highest BCUT2D eigenvalue weighted by molar-refractivity contribution is 7.85. The van der Waals surface area contributed by atoms with Crippen LogP contribution >= 0.6 is 0 Å². The van der Waals surface area contributed by atoms with Crippen LogP contribution in [0.4, 0.5) is 0 Å². The summed E-state index contributed by atoms with van der Waals surface area (Å²) in [5, 5.41) is 0. The Labute approximate surface area is 108 Å². The Bertz CT molecular complexity index is 508. The molecule has 1 N–H and O–H groups in total. The molecule has 0 bridgehead atoms. The molecule has 0 fully saturated rings. The largest absolute Gasteiger partial charge is 0.286 e. The van der Waals surface area contributed by atoms with Crippen molar-refractivity contribution in [1.29, 1.82) is 0 Å². The van der Waals surface area contributed by atoms with Crippen LogP contribution in [0.2, 0.25) is 0 Å². The minimum absolute atomic E-state index is 0.715. The molecule has 0 saturated heterocycles. The first kappa shape index (κ1) is 14.5. The molecule has 0 atom stereocenters. The fourth-order valence-corrected chi connectivity index (χ4v) is 1.29. The van der Waals surface area contributed by atoms with E-state index in [2.05, 4.69) is 55.8 Å². The van der Waals surface area contributed by atoms with E-state index < -0.39 is 10.1 Å². The van der Waals surface area contributed by atoms with E-state index in [0.29, 0.717) is 6.26 Å². The molecule has 0 aliphatic carbocycles. The zero-order valence-corrected chi connectivity index (χ0v) is 10.8. The van der Waals surface area contributed by atoms with E-state index in [4.69, 9.17) is 4.55 Å². The third-order valence-electron chi connectivity index (χ3n) is 1.93. The maximum absolute atomic E-state index is 9.19. The van der Waals surface area contributed by atoms with Gasteiger partial charge in [-0.3, -0.25) is 4.55 Å². The van der Waals surface area contributed by atoms with Crippen molar-refractivity contribution in [2.75, 3.05) is 6.26 Å². The molecule has 2 rings (SSSR count). The van der Waals surface area contributed by atoms with Gasteiger partial charge in [-0.1, -0.05) is 71.6 Å². The Kier molecular flexibility index (Phi) is 5.62. The lowest BCUT2D eigenvalue weighted by atomic mass is 9.64. The Morgan fingerprint density at radius 1 is 0.833 bits per heavy atom. The first-order valence-electron chi connectivity index (χ1n) is 5.32. The molecular weight excluding hydrogens is 247 g/mol. The molecule has 0 aliphatic rings. The van der Waals surface area contributed by atoms with E-state index in [1.165, 1.54) is 10.9 Å². The van der Waals surface area contributed by atoms with Crippen LogP contribution < -0.4 is 10.9 Å². The number of rotatable bonds is 2. The normalized spacial score (nSPS) is 10.1. The number of benzene rings is 2. The standard InChI is InChI=1S/C12H10B.CH4O3S/c1-3-7-11(8-4-1)13-12-9-5-2-6-10-12;1-5(2,3)4/h1-10H;1H3,(H,2,3,4). The molecule has 2 aromatic carbocycles. The lowest BCUT2D eigenvalue weighted by molar-refractivity contribution is 0.490. The van der Waals surface area contributed by atoms with Crippen molar-refractivity contribution >= 4 is 28.3 Å². The predicted octanol–water partition coefficient (Wildman–Crippen LogP) is 0.846. The van der Waals surface area contributed by atoms with Gasteiger partial charge in [-0.25, -0.2) is 0 Å². The van der Waals surface area contributed by atoms with Crippen molar-refractivity contribution < 1.29 is 13.0 Å². The van der Waals surface area contributed by atoms with Gasteiger partial charge in [0.1, 0.15) is 0 Å². The summed E-state index contributed by atoms with van der Waals surface area (Å²) in [5.74, 6) is 0. The van der Waals surface area contributed by atoms with Crippen molar-refractivity contribution in [3.05, 3.63) is 60.7 Å². The second-order valence-corrected chi connectivity index (χ2v) is 5.16. The van der Waals surface area contributed by atoms with Crippen molar-refractivity contribution in [3.8, 4) is 0 Å². The molecule has 0 amide bonds. The molecule has 3 nitrogen and oxygen atoms in total. The van der Waals surface area contributed by atoms with Crippen LogP contribution in [0.1, 0.15) is 0 Å². The topological polar surface area (TPSA) is 54.4 Å². The summed E-state index contributed by atoms with van der Waals surface area (Å²) in [5.41, 5.74) is 2.49. The molecule has 0 aliphatic heterocycles. The Morgan fingerprint density at radius 3 is 1.39 bits per heavy atom. The lowest BCUT2D eigenvalue weighted by Gasteiger charge is -1.98. The van der Waals surface area contributed by atoms with Gasteiger partial charge < -0.3 is 0 Å². The van der Waals surface area contributed by atoms with E-state index in [9.17, 15) is 8.42 Å². The van der Waals surface area contributed by atoms with E-state index in [0.717, 1.165) is 0 Å². The first-order valence-corrected chi connectivity index (χ1v) is 7.17. The monoisotopic (exact) mass is 261 g/mol. The minimum Gasteiger partial charge on any atom is -0.286 e. The number of hydrogen-bond acceptors (Lipinski definition) is 2. The average Bonchev–Trinajstić information content (AvgIpc) is 2.29. The summed E-state index contributed by atoms with van der Waals surface area (Å²) in [6, 6.07) is 20.7. The van der Waals surface area contributed by atoms with Crippen LogP contribution in [-0.2, 0) is 10.1 Å². The van der Waals surface area contributed by atoms with Gasteiger partial charge in [-0.15, -0.1) is 0 Å². The zero-order chi connectivity index (χ0) is 13.4. The van der Waals surface area contributed by atoms with Crippen molar-refractivity contribution in [3.63, 3.8) is 0 Å². The molecule has 2 aromatic rings. The van der Waals surface area contributed by atoms with Crippen LogP contribution in [-0.4, -0.2) is 26.5 Å². The molecule has 0 aromatic heterocycles. The van der Waals surface area contributed by atoms with Crippen molar-refractivity contribution in [1.82, 2.24) is 0 Å². The van der Waals surface area contributed by atoms with Crippen LogP contribution in [0.15, 0.2) is 60.7 Å².